The molecule has 4 nitrogen and oxygen atoms in total. The molecule has 16 heavy (non-hydrogen) atoms. The van der Waals surface area contributed by atoms with Crippen LogP contribution in [0.1, 0.15) is 18.4 Å². The fraction of sp³-hybridized carbons (Fsp3) is 0.417. The van der Waals surface area contributed by atoms with Gasteiger partial charge in [-0.1, -0.05) is 0 Å². The molecule has 0 bridgehead atoms. The van der Waals surface area contributed by atoms with Crippen LogP contribution in [0.2, 0.25) is 0 Å². The number of carbonyl (C=O) groups excluding carboxylic acids is 1. The molecule has 0 saturated heterocycles. The number of nitrogens with one attached hydrogen (secondary N) is 1. The van der Waals surface area contributed by atoms with Crippen LogP contribution in [0.25, 0.3) is 6.08 Å². The number of hydrogen-bond donors (Lipinski definition) is 1. The van der Waals surface area contributed by atoms with Crippen LogP contribution >= 0.6 is 0 Å². The molecule has 0 radical (unpaired) electrons. The molecular formula is C12H17NO3. The molecule has 88 valence electrons. The molecule has 0 aliphatic rings. The first-order chi connectivity index (χ1) is 7.61. The van der Waals surface area contributed by atoms with Crippen molar-refractivity contribution in [2.24, 2.45) is 0 Å². The van der Waals surface area contributed by atoms with E-state index in [2.05, 4.69) is 5.32 Å². The molecule has 4 heteroatoms. The zero-order valence-electron chi connectivity index (χ0n) is 9.82. The van der Waals surface area contributed by atoms with E-state index < -0.39 is 0 Å². The first-order valence-corrected chi connectivity index (χ1v) is 5.15. The van der Waals surface area contributed by atoms with Gasteiger partial charge in [0.2, 0.25) is 5.91 Å². The number of furan rings is 1. The second-order valence-corrected chi connectivity index (χ2v) is 3.65. The Balaban J connectivity index is 2.42. The van der Waals surface area contributed by atoms with Crippen molar-refractivity contribution >= 4 is 12.0 Å². The Bertz CT molecular complexity index is 368. The van der Waals surface area contributed by atoms with Gasteiger partial charge >= 0.3 is 0 Å². The minimum Gasteiger partial charge on any atom is -0.462 e. The molecule has 1 aromatic rings. The van der Waals surface area contributed by atoms with Gasteiger partial charge in [-0.3, -0.25) is 4.79 Å². The summed E-state index contributed by atoms with van der Waals surface area (Å²) in [6, 6.07) is 3.67. The summed E-state index contributed by atoms with van der Waals surface area (Å²) >= 11 is 0. The van der Waals surface area contributed by atoms with Crippen molar-refractivity contribution in [3.05, 3.63) is 29.7 Å². The van der Waals surface area contributed by atoms with Crippen LogP contribution < -0.4 is 5.32 Å². The maximum atomic E-state index is 11.4. The second kappa shape index (κ2) is 6.12. The summed E-state index contributed by atoms with van der Waals surface area (Å²) in [5.74, 6) is 1.35. The average molecular weight is 223 g/mol. The van der Waals surface area contributed by atoms with Gasteiger partial charge in [-0.05, 0) is 32.1 Å². The van der Waals surface area contributed by atoms with Crippen molar-refractivity contribution in [3.63, 3.8) is 0 Å². The lowest BCUT2D eigenvalue weighted by Gasteiger charge is -2.10. The number of carbonyl (C=O) groups is 1. The van der Waals surface area contributed by atoms with E-state index in [0.717, 1.165) is 5.76 Å². The van der Waals surface area contributed by atoms with Gasteiger partial charge in [0.15, 0.2) is 0 Å². The first kappa shape index (κ1) is 12.5. The van der Waals surface area contributed by atoms with E-state index in [1.807, 2.05) is 26.0 Å². The quantitative estimate of drug-likeness (QED) is 0.774. The number of aryl methyl sites for hydroxylation is 1. The Kier molecular flexibility index (Phi) is 4.79. The van der Waals surface area contributed by atoms with E-state index >= 15 is 0 Å². The van der Waals surface area contributed by atoms with Gasteiger partial charge in [-0.2, -0.15) is 0 Å². The Morgan fingerprint density at radius 1 is 1.62 bits per heavy atom. The van der Waals surface area contributed by atoms with Crippen LogP contribution in [-0.2, 0) is 9.53 Å². The van der Waals surface area contributed by atoms with Crippen LogP contribution in [-0.4, -0.2) is 25.7 Å². The molecule has 1 rings (SSSR count). The smallest absolute Gasteiger partial charge is 0.244 e. The van der Waals surface area contributed by atoms with Gasteiger partial charge in [0, 0.05) is 19.2 Å². The Labute approximate surface area is 95.3 Å². The maximum absolute atomic E-state index is 11.4. The van der Waals surface area contributed by atoms with Crippen molar-refractivity contribution < 1.29 is 13.9 Å². The number of hydrogen-bond acceptors (Lipinski definition) is 3. The van der Waals surface area contributed by atoms with Gasteiger partial charge in [0.1, 0.15) is 11.5 Å². The maximum Gasteiger partial charge on any atom is 0.244 e. The zero-order chi connectivity index (χ0) is 12.0. The minimum atomic E-state index is -0.154. The summed E-state index contributed by atoms with van der Waals surface area (Å²) in [4.78, 5) is 11.4. The molecule has 1 amide bonds. The normalized spacial score (nSPS) is 12.9. The highest BCUT2D eigenvalue weighted by Crippen LogP contribution is 2.07. The highest BCUT2D eigenvalue weighted by molar-refractivity contribution is 5.91. The van der Waals surface area contributed by atoms with Crippen LogP contribution in [0, 0.1) is 6.92 Å². The fourth-order valence-corrected chi connectivity index (χ4v) is 1.28. The molecule has 1 unspecified atom stereocenters. The number of amides is 1. The number of methoxy groups -OCH3 is 1. The molecule has 0 aliphatic carbocycles. The third-order valence-electron chi connectivity index (χ3n) is 1.97. The SMILES string of the molecule is COCC(C)NC(=O)C=Cc1ccc(C)o1. The molecule has 0 spiro atoms. The Hall–Kier alpha value is -1.55. The minimum absolute atomic E-state index is 0.000451. The fourth-order valence-electron chi connectivity index (χ4n) is 1.28. The van der Waals surface area contributed by atoms with E-state index in [-0.39, 0.29) is 11.9 Å². The lowest BCUT2D eigenvalue weighted by atomic mass is 10.3. The van der Waals surface area contributed by atoms with Crippen LogP contribution in [0.3, 0.4) is 0 Å². The second-order valence-electron chi connectivity index (χ2n) is 3.65. The van der Waals surface area contributed by atoms with E-state index in [9.17, 15) is 4.79 Å². The predicted molar refractivity (Wildman–Crippen MR) is 62.0 cm³/mol. The topological polar surface area (TPSA) is 51.5 Å². The van der Waals surface area contributed by atoms with Gasteiger partial charge in [0.25, 0.3) is 0 Å². The van der Waals surface area contributed by atoms with Crippen molar-refractivity contribution in [2.45, 2.75) is 19.9 Å². The van der Waals surface area contributed by atoms with Crippen LogP contribution in [0.15, 0.2) is 22.6 Å². The molecule has 0 aliphatic heterocycles. The van der Waals surface area contributed by atoms with Crippen LogP contribution in [0.5, 0.6) is 0 Å². The largest absolute Gasteiger partial charge is 0.462 e. The molecule has 0 aromatic carbocycles. The molecule has 1 N–H and O–H groups in total. The zero-order valence-corrected chi connectivity index (χ0v) is 9.82. The molecule has 0 fully saturated rings. The summed E-state index contributed by atoms with van der Waals surface area (Å²) in [5, 5.41) is 2.77. The van der Waals surface area contributed by atoms with Crippen molar-refractivity contribution in [1.29, 1.82) is 0 Å². The van der Waals surface area contributed by atoms with Gasteiger partial charge < -0.3 is 14.5 Å². The summed E-state index contributed by atoms with van der Waals surface area (Å²) in [6.07, 6.45) is 3.09. The lowest BCUT2D eigenvalue weighted by Crippen LogP contribution is -2.34. The predicted octanol–water partition coefficient (Wildman–Crippen LogP) is 1.75. The molecule has 1 aromatic heterocycles. The molecule has 1 heterocycles. The summed E-state index contributed by atoms with van der Waals surface area (Å²) in [6.45, 7) is 4.24. The van der Waals surface area contributed by atoms with Gasteiger partial charge in [-0.25, -0.2) is 0 Å². The van der Waals surface area contributed by atoms with Crippen molar-refractivity contribution in [3.8, 4) is 0 Å². The van der Waals surface area contributed by atoms with E-state index in [0.29, 0.717) is 12.4 Å². The standard InChI is InChI=1S/C12H17NO3/c1-9(8-15-3)13-12(14)7-6-11-5-4-10(2)16-11/h4-7,9H,8H2,1-3H3,(H,13,14). The molecular weight excluding hydrogens is 206 g/mol. The highest BCUT2D eigenvalue weighted by atomic mass is 16.5. The lowest BCUT2D eigenvalue weighted by molar-refractivity contribution is -0.117. The first-order valence-electron chi connectivity index (χ1n) is 5.15. The average Bonchev–Trinajstić information content (AvgIpc) is 2.61. The Morgan fingerprint density at radius 2 is 2.38 bits per heavy atom. The van der Waals surface area contributed by atoms with E-state index in [1.165, 1.54) is 6.08 Å². The summed E-state index contributed by atoms with van der Waals surface area (Å²) in [5.41, 5.74) is 0. The van der Waals surface area contributed by atoms with Crippen molar-refractivity contribution in [1.82, 2.24) is 5.32 Å². The number of ether oxygens (including phenoxy) is 1. The van der Waals surface area contributed by atoms with Gasteiger partial charge in [-0.15, -0.1) is 0 Å². The summed E-state index contributed by atoms with van der Waals surface area (Å²) < 4.78 is 10.2. The van der Waals surface area contributed by atoms with Gasteiger partial charge in [0.05, 0.1) is 6.61 Å². The molecule has 0 saturated carbocycles. The van der Waals surface area contributed by atoms with E-state index in [1.54, 1.807) is 13.2 Å². The third kappa shape index (κ3) is 4.31. The number of rotatable bonds is 5. The highest BCUT2D eigenvalue weighted by Gasteiger charge is 2.03. The third-order valence-corrected chi connectivity index (χ3v) is 1.97. The monoisotopic (exact) mass is 223 g/mol. The Morgan fingerprint density at radius 3 is 2.94 bits per heavy atom. The van der Waals surface area contributed by atoms with Crippen LogP contribution in [0.4, 0.5) is 0 Å². The summed E-state index contributed by atoms with van der Waals surface area (Å²) in [7, 11) is 1.60. The van der Waals surface area contributed by atoms with Crippen molar-refractivity contribution in [2.75, 3.05) is 13.7 Å². The molecule has 1 atom stereocenters. The van der Waals surface area contributed by atoms with E-state index in [4.69, 9.17) is 9.15 Å².